The van der Waals surface area contributed by atoms with Crippen LogP contribution in [-0.2, 0) is 9.84 Å². The maximum atomic E-state index is 11.4. The molecule has 1 unspecified atom stereocenters. The van der Waals surface area contributed by atoms with E-state index in [0.29, 0.717) is 10.9 Å². The molecule has 0 amide bonds. The lowest BCUT2D eigenvalue weighted by Crippen LogP contribution is -2.34. The summed E-state index contributed by atoms with van der Waals surface area (Å²) < 4.78 is 22.7. The second kappa shape index (κ2) is 6.93. The van der Waals surface area contributed by atoms with E-state index < -0.39 is 9.84 Å². The molecule has 0 spiro atoms. The van der Waals surface area contributed by atoms with E-state index in [1.54, 1.807) is 23.9 Å². The fourth-order valence-electron chi connectivity index (χ4n) is 1.91. The predicted molar refractivity (Wildman–Crippen MR) is 81.9 cm³/mol. The molecule has 6 heteroatoms. The van der Waals surface area contributed by atoms with E-state index in [1.807, 2.05) is 12.1 Å². The van der Waals surface area contributed by atoms with Gasteiger partial charge in [0.1, 0.15) is 0 Å². The Morgan fingerprint density at radius 3 is 2.50 bits per heavy atom. The predicted octanol–water partition coefficient (Wildman–Crippen LogP) is 1.69. The molecule has 1 aliphatic rings. The topological polar surface area (TPSA) is 66.4 Å². The number of aliphatic hydroxyl groups is 1. The number of aliphatic hydroxyl groups excluding tert-OH is 1. The summed E-state index contributed by atoms with van der Waals surface area (Å²) in [7, 11) is -3.12. The normalized spacial score (nSPS) is 17.1. The molecule has 1 fully saturated rings. The third kappa shape index (κ3) is 5.09. The van der Waals surface area contributed by atoms with E-state index in [2.05, 4.69) is 5.32 Å². The number of hydrogen-bond donors (Lipinski definition) is 2. The van der Waals surface area contributed by atoms with Crippen LogP contribution in [0, 0.1) is 0 Å². The average Bonchev–Trinajstić information content (AvgIpc) is 3.21. The van der Waals surface area contributed by atoms with Gasteiger partial charge in [0.2, 0.25) is 0 Å². The van der Waals surface area contributed by atoms with E-state index in [9.17, 15) is 13.5 Å². The molecule has 112 valence electrons. The molecule has 0 radical (unpaired) electrons. The van der Waals surface area contributed by atoms with Crippen LogP contribution < -0.4 is 5.32 Å². The Labute approximate surface area is 124 Å². The molecule has 1 aliphatic carbocycles. The Hall–Kier alpha value is -0.560. The number of sulfone groups is 1. The quantitative estimate of drug-likeness (QED) is 0.715. The van der Waals surface area contributed by atoms with Crippen LogP contribution in [0.2, 0.25) is 0 Å². The number of hydrogen-bond acceptors (Lipinski definition) is 5. The average molecular weight is 315 g/mol. The summed E-state index contributed by atoms with van der Waals surface area (Å²) in [5, 5.41) is 12.7. The lowest BCUT2D eigenvalue weighted by molar-refractivity contribution is 0.239. The molecule has 1 saturated carbocycles. The summed E-state index contributed by atoms with van der Waals surface area (Å²) in [6.07, 6.45) is 4.56. The van der Waals surface area contributed by atoms with Crippen LogP contribution >= 0.6 is 11.8 Å². The van der Waals surface area contributed by atoms with Crippen molar-refractivity contribution in [3.63, 3.8) is 0 Å². The van der Waals surface area contributed by atoms with Gasteiger partial charge in [0, 0.05) is 23.2 Å². The maximum Gasteiger partial charge on any atom is 0.175 e. The Balaban J connectivity index is 1.78. The molecular formula is C14H21NO3S2. The van der Waals surface area contributed by atoms with Crippen molar-refractivity contribution >= 4 is 21.6 Å². The van der Waals surface area contributed by atoms with Gasteiger partial charge in [-0.25, -0.2) is 8.42 Å². The van der Waals surface area contributed by atoms with Crippen LogP contribution in [0.4, 0.5) is 0 Å². The largest absolute Gasteiger partial charge is 0.395 e. The van der Waals surface area contributed by atoms with Crippen molar-refractivity contribution in [1.29, 1.82) is 0 Å². The molecule has 1 aromatic rings. The standard InChI is InChI=1S/C14H21NO3S2/c1-20(17,18)14-6-4-13(5-7-14)19-9-8-12(10-16)15-11-2-3-11/h4-7,11-12,15-16H,2-3,8-10H2,1H3. The van der Waals surface area contributed by atoms with Gasteiger partial charge in [-0.1, -0.05) is 0 Å². The van der Waals surface area contributed by atoms with Crippen molar-refractivity contribution in [3.05, 3.63) is 24.3 Å². The Kier molecular flexibility index (Phi) is 5.49. The van der Waals surface area contributed by atoms with Crippen molar-refractivity contribution < 1.29 is 13.5 Å². The molecule has 0 heterocycles. The van der Waals surface area contributed by atoms with Gasteiger partial charge in [-0.15, -0.1) is 11.8 Å². The highest BCUT2D eigenvalue weighted by Crippen LogP contribution is 2.23. The molecular weight excluding hydrogens is 294 g/mol. The zero-order chi connectivity index (χ0) is 14.6. The summed E-state index contributed by atoms with van der Waals surface area (Å²) in [5.41, 5.74) is 0. The van der Waals surface area contributed by atoms with E-state index in [-0.39, 0.29) is 12.6 Å². The van der Waals surface area contributed by atoms with Gasteiger partial charge in [0.05, 0.1) is 11.5 Å². The van der Waals surface area contributed by atoms with Gasteiger partial charge in [-0.3, -0.25) is 0 Å². The zero-order valence-electron chi connectivity index (χ0n) is 11.6. The first-order valence-corrected chi connectivity index (χ1v) is 9.66. The second-order valence-electron chi connectivity index (χ2n) is 5.20. The van der Waals surface area contributed by atoms with Crippen LogP contribution in [0.3, 0.4) is 0 Å². The fourth-order valence-corrected chi connectivity index (χ4v) is 3.51. The van der Waals surface area contributed by atoms with Crippen molar-refractivity contribution in [2.45, 2.75) is 41.1 Å². The van der Waals surface area contributed by atoms with Gasteiger partial charge >= 0.3 is 0 Å². The lowest BCUT2D eigenvalue weighted by Gasteiger charge is -2.15. The molecule has 0 aliphatic heterocycles. The molecule has 2 N–H and O–H groups in total. The van der Waals surface area contributed by atoms with Crippen LogP contribution in [0.25, 0.3) is 0 Å². The lowest BCUT2D eigenvalue weighted by atomic mass is 10.2. The van der Waals surface area contributed by atoms with Gasteiger partial charge < -0.3 is 10.4 Å². The minimum atomic E-state index is -3.12. The summed E-state index contributed by atoms with van der Waals surface area (Å²) in [5.74, 6) is 0.906. The fraction of sp³-hybridized carbons (Fsp3) is 0.571. The maximum absolute atomic E-state index is 11.4. The van der Waals surface area contributed by atoms with Gasteiger partial charge in [-0.2, -0.15) is 0 Å². The summed E-state index contributed by atoms with van der Waals surface area (Å²) in [6.45, 7) is 0.171. The number of thioether (sulfide) groups is 1. The van der Waals surface area contributed by atoms with E-state index in [0.717, 1.165) is 17.1 Å². The minimum absolute atomic E-state index is 0.171. The summed E-state index contributed by atoms with van der Waals surface area (Å²) in [4.78, 5) is 1.41. The summed E-state index contributed by atoms with van der Waals surface area (Å²) in [6, 6.07) is 7.73. The molecule has 20 heavy (non-hydrogen) atoms. The van der Waals surface area contributed by atoms with E-state index >= 15 is 0 Å². The van der Waals surface area contributed by atoms with Gasteiger partial charge in [-0.05, 0) is 49.3 Å². The molecule has 0 bridgehead atoms. The van der Waals surface area contributed by atoms with E-state index in [4.69, 9.17) is 0 Å². The molecule has 1 atom stereocenters. The number of nitrogens with one attached hydrogen (secondary N) is 1. The molecule has 1 aromatic carbocycles. The van der Waals surface area contributed by atoms with Crippen molar-refractivity contribution in [3.8, 4) is 0 Å². The first-order chi connectivity index (χ1) is 9.49. The SMILES string of the molecule is CS(=O)(=O)c1ccc(SCCC(CO)NC2CC2)cc1. The first-order valence-electron chi connectivity index (χ1n) is 6.79. The van der Waals surface area contributed by atoms with Crippen molar-refractivity contribution in [2.75, 3.05) is 18.6 Å². The third-order valence-electron chi connectivity index (χ3n) is 3.26. The van der Waals surface area contributed by atoms with Crippen LogP contribution in [0.1, 0.15) is 19.3 Å². The van der Waals surface area contributed by atoms with E-state index in [1.165, 1.54) is 19.1 Å². The van der Waals surface area contributed by atoms with Crippen LogP contribution in [0.5, 0.6) is 0 Å². The first kappa shape index (κ1) is 15.8. The van der Waals surface area contributed by atoms with Crippen LogP contribution in [0.15, 0.2) is 34.1 Å². The highest BCUT2D eigenvalue weighted by Gasteiger charge is 2.23. The number of benzene rings is 1. The number of rotatable bonds is 8. The smallest absolute Gasteiger partial charge is 0.175 e. The molecule has 0 aromatic heterocycles. The zero-order valence-corrected chi connectivity index (χ0v) is 13.2. The highest BCUT2D eigenvalue weighted by molar-refractivity contribution is 7.99. The molecule has 2 rings (SSSR count). The van der Waals surface area contributed by atoms with Gasteiger partial charge in [0.15, 0.2) is 9.84 Å². The summed E-state index contributed by atoms with van der Waals surface area (Å²) >= 11 is 1.69. The minimum Gasteiger partial charge on any atom is -0.395 e. The Morgan fingerprint density at radius 2 is 2.00 bits per heavy atom. The van der Waals surface area contributed by atoms with Crippen molar-refractivity contribution in [2.24, 2.45) is 0 Å². The second-order valence-corrected chi connectivity index (χ2v) is 8.39. The van der Waals surface area contributed by atoms with Crippen LogP contribution in [-0.4, -0.2) is 44.2 Å². The highest BCUT2D eigenvalue weighted by atomic mass is 32.2. The van der Waals surface area contributed by atoms with Crippen molar-refractivity contribution in [1.82, 2.24) is 5.32 Å². The molecule has 4 nitrogen and oxygen atoms in total. The third-order valence-corrected chi connectivity index (χ3v) is 5.43. The Bertz CT molecular complexity index is 524. The van der Waals surface area contributed by atoms with Gasteiger partial charge in [0.25, 0.3) is 0 Å². The Morgan fingerprint density at radius 1 is 1.35 bits per heavy atom. The molecule has 0 saturated heterocycles. The monoisotopic (exact) mass is 315 g/mol.